The second kappa shape index (κ2) is 13.5. The van der Waals surface area contributed by atoms with Crippen LogP contribution in [0.15, 0.2) is 23.8 Å². The SMILES string of the molecule is C=C/C(C)=C(/C)CC.CC.CC1CCCCC1. The summed E-state index contributed by atoms with van der Waals surface area (Å²) in [5.74, 6) is 1.04. The molecular formula is C17H34. The smallest absolute Gasteiger partial charge is 0.0346 e. The highest BCUT2D eigenvalue weighted by Gasteiger charge is 2.05. The van der Waals surface area contributed by atoms with E-state index in [2.05, 4.69) is 34.3 Å². The molecule has 0 bridgehead atoms. The molecule has 0 amide bonds. The third-order valence-electron chi connectivity index (χ3n) is 3.40. The van der Waals surface area contributed by atoms with E-state index in [4.69, 9.17) is 0 Å². The molecule has 0 heteroatoms. The van der Waals surface area contributed by atoms with Crippen LogP contribution in [0.25, 0.3) is 0 Å². The molecule has 0 saturated heterocycles. The van der Waals surface area contributed by atoms with Gasteiger partial charge in [-0.3, -0.25) is 0 Å². The minimum Gasteiger partial charge on any atom is -0.0988 e. The Kier molecular flexibility index (Phi) is 15.0. The van der Waals surface area contributed by atoms with Crippen molar-refractivity contribution in [1.82, 2.24) is 0 Å². The van der Waals surface area contributed by atoms with Gasteiger partial charge in [0.1, 0.15) is 0 Å². The number of hydrogen-bond donors (Lipinski definition) is 0. The first-order valence-electron chi connectivity index (χ1n) is 7.40. The molecule has 0 aliphatic heterocycles. The Labute approximate surface area is 110 Å². The van der Waals surface area contributed by atoms with Crippen molar-refractivity contribution in [3.05, 3.63) is 23.8 Å². The van der Waals surface area contributed by atoms with Crippen LogP contribution in [0, 0.1) is 5.92 Å². The standard InChI is InChI=1S/C8H14.C7H14.C2H6/c1-5-7(3)8(4)6-2;1-7-5-3-2-4-6-7;1-2/h5H,1,6H2,2-4H3;7H,2-6H2,1H3;1-2H3/b8-7-;;. The van der Waals surface area contributed by atoms with Gasteiger partial charge in [0.15, 0.2) is 0 Å². The Morgan fingerprint density at radius 3 is 1.76 bits per heavy atom. The molecule has 1 rings (SSSR count). The zero-order chi connectivity index (χ0) is 13.7. The van der Waals surface area contributed by atoms with E-state index in [1.54, 1.807) is 0 Å². The zero-order valence-electron chi connectivity index (χ0n) is 13.1. The van der Waals surface area contributed by atoms with Gasteiger partial charge < -0.3 is 0 Å². The maximum absolute atomic E-state index is 3.67. The van der Waals surface area contributed by atoms with Gasteiger partial charge in [-0.15, -0.1) is 0 Å². The summed E-state index contributed by atoms with van der Waals surface area (Å²) in [7, 11) is 0. The van der Waals surface area contributed by atoms with Gasteiger partial charge in [-0.25, -0.2) is 0 Å². The van der Waals surface area contributed by atoms with Crippen LogP contribution in [0.5, 0.6) is 0 Å². The van der Waals surface area contributed by atoms with Gasteiger partial charge in [0.25, 0.3) is 0 Å². The first-order valence-corrected chi connectivity index (χ1v) is 7.40. The van der Waals surface area contributed by atoms with Crippen molar-refractivity contribution < 1.29 is 0 Å². The van der Waals surface area contributed by atoms with E-state index in [-0.39, 0.29) is 0 Å². The number of hydrogen-bond acceptors (Lipinski definition) is 0. The summed E-state index contributed by atoms with van der Waals surface area (Å²) in [5.41, 5.74) is 2.74. The van der Waals surface area contributed by atoms with Gasteiger partial charge in [0.05, 0.1) is 0 Å². The molecule has 1 saturated carbocycles. The Morgan fingerprint density at radius 1 is 1.12 bits per heavy atom. The average molecular weight is 238 g/mol. The monoisotopic (exact) mass is 238 g/mol. The van der Waals surface area contributed by atoms with Gasteiger partial charge in [-0.1, -0.05) is 83.6 Å². The van der Waals surface area contributed by atoms with E-state index >= 15 is 0 Å². The topological polar surface area (TPSA) is 0 Å². The van der Waals surface area contributed by atoms with Crippen LogP contribution in [-0.2, 0) is 0 Å². The maximum atomic E-state index is 3.67. The fraction of sp³-hybridized carbons (Fsp3) is 0.765. The highest BCUT2D eigenvalue weighted by Crippen LogP contribution is 2.22. The van der Waals surface area contributed by atoms with Crippen LogP contribution < -0.4 is 0 Å². The van der Waals surface area contributed by atoms with Crippen molar-refractivity contribution in [3.63, 3.8) is 0 Å². The summed E-state index contributed by atoms with van der Waals surface area (Å²) < 4.78 is 0. The normalized spacial score (nSPS) is 16.8. The molecule has 0 unspecified atom stereocenters. The molecule has 0 nitrogen and oxygen atoms in total. The molecule has 17 heavy (non-hydrogen) atoms. The first-order chi connectivity index (χ1) is 8.11. The van der Waals surface area contributed by atoms with Gasteiger partial charge in [0, 0.05) is 0 Å². The lowest BCUT2D eigenvalue weighted by atomic mass is 9.91. The maximum Gasteiger partial charge on any atom is -0.0346 e. The largest absolute Gasteiger partial charge is 0.0988 e. The van der Waals surface area contributed by atoms with Crippen molar-refractivity contribution in [2.24, 2.45) is 5.92 Å². The van der Waals surface area contributed by atoms with Crippen LogP contribution in [0.4, 0.5) is 0 Å². The van der Waals surface area contributed by atoms with Crippen molar-refractivity contribution in [2.45, 2.75) is 80.1 Å². The van der Waals surface area contributed by atoms with Crippen LogP contribution in [0.3, 0.4) is 0 Å². The van der Waals surface area contributed by atoms with Gasteiger partial charge in [-0.2, -0.15) is 0 Å². The molecule has 0 heterocycles. The van der Waals surface area contributed by atoms with Crippen molar-refractivity contribution in [3.8, 4) is 0 Å². The molecule has 0 radical (unpaired) electrons. The predicted octanol–water partition coefficient (Wildman–Crippen LogP) is 6.53. The molecule has 0 N–H and O–H groups in total. The summed E-state index contributed by atoms with van der Waals surface area (Å²) in [5, 5.41) is 0. The lowest BCUT2D eigenvalue weighted by Crippen LogP contribution is -1.99. The third-order valence-corrected chi connectivity index (χ3v) is 3.40. The molecule has 0 aromatic carbocycles. The van der Waals surface area contributed by atoms with Crippen LogP contribution in [0.2, 0.25) is 0 Å². The van der Waals surface area contributed by atoms with E-state index in [1.165, 1.54) is 43.3 Å². The number of allylic oxidation sites excluding steroid dienone is 3. The summed E-state index contributed by atoms with van der Waals surface area (Å²) >= 11 is 0. The molecule has 1 aliphatic rings. The van der Waals surface area contributed by atoms with Crippen molar-refractivity contribution in [1.29, 1.82) is 0 Å². The van der Waals surface area contributed by atoms with Crippen LogP contribution in [0.1, 0.15) is 80.1 Å². The number of rotatable bonds is 2. The zero-order valence-corrected chi connectivity index (χ0v) is 13.1. The molecular weight excluding hydrogens is 204 g/mol. The first kappa shape index (κ1) is 18.8. The molecule has 1 aliphatic carbocycles. The molecule has 1 fully saturated rings. The fourth-order valence-electron chi connectivity index (χ4n) is 1.76. The van der Waals surface area contributed by atoms with Crippen molar-refractivity contribution >= 4 is 0 Å². The summed E-state index contributed by atoms with van der Waals surface area (Å²) in [6.07, 6.45) is 10.5. The summed E-state index contributed by atoms with van der Waals surface area (Å²) in [4.78, 5) is 0. The third kappa shape index (κ3) is 11.7. The lowest BCUT2D eigenvalue weighted by molar-refractivity contribution is 0.385. The Hall–Kier alpha value is -0.520. The Morgan fingerprint density at radius 2 is 1.59 bits per heavy atom. The van der Waals surface area contributed by atoms with Gasteiger partial charge in [0.2, 0.25) is 0 Å². The van der Waals surface area contributed by atoms with E-state index in [0.29, 0.717) is 0 Å². The average Bonchev–Trinajstić information content (AvgIpc) is 2.40. The molecule has 0 spiro atoms. The molecule has 102 valence electrons. The second-order valence-electron chi connectivity index (χ2n) is 4.76. The minimum atomic E-state index is 1.04. The Balaban J connectivity index is 0. The Bertz CT molecular complexity index is 192. The van der Waals surface area contributed by atoms with Gasteiger partial charge in [-0.05, 0) is 26.2 Å². The fourth-order valence-corrected chi connectivity index (χ4v) is 1.76. The van der Waals surface area contributed by atoms with E-state index < -0.39 is 0 Å². The van der Waals surface area contributed by atoms with E-state index in [0.717, 1.165) is 12.3 Å². The predicted molar refractivity (Wildman–Crippen MR) is 82.5 cm³/mol. The van der Waals surface area contributed by atoms with E-state index in [1.807, 2.05) is 19.9 Å². The minimum absolute atomic E-state index is 1.04. The highest BCUT2D eigenvalue weighted by molar-refractivity contribution is 5.19. The lowest BCUT2D eigenvalue weighted by Gasteiger charge is -2.15. The van der Waals surface area contributed by atoms with Gasteiger partial charge >= 0.3 is 0 Å². The molecule has 0 aromatic heterocycles. The van der Waals surface area contributed by atoms with Crippen LogP contribution >= 0.6 is 0 Å². The molecule has 0 atom stereocenters. The quantitative estimate of drug-likeness (QED) is 0.480. The second-order valence-corrected chi connectivity index (χ2v) is 4.76. The van der Waals surface area contributed by atoms with E-state index in [9.17, 15) is 0 Å². The summed E-state index contributed by atoms with van der Waals surface area (Å²) in [6.45, 7) is 16.4. The van der Waals surface area contributed by atoms with Crippen molar-refractivity contribution in [2.75, 3.05) is 0 Å². The highest BCUT2D eigenvalue weighted by atomic mass is 14.1. The van der Waals surface area contributed by atoms with Crippen LogP contribution in [-0.4, -0.2) is 0 Å². The molecule has 0 aromatic rings. The summed E-state index contributed by atoms with van der Waals surface area (Å²) in [6, 6.07) is 0.